The summed E-state index contributed by atoms with van der Waals surface area (Å²) in [6, 6.07) is 0. The van der Waals surface area contributed by atoms with E-state index in [4.69, 9.17) is 0 Å². The Morgan fingerprint density at radius 2 is 1.77 bits per heavy atom. The average Bonchev–Trinajstić information content (AvgIpc) is 2.44. The number of aromatic amines is 1. The number of H-pyrrole nitrogens is 1. The summed E-state index contributed by atoms with van der Waals surface area (Å²) < 4.78 is 22.8. The van der Waals surface area contributed by atoms with Crippen LogP contribution in [-0.4, -0.2) is 37.4 Å². The molecule has 122 valence electrons. The van der Waals surface area contributed by atoms with Gasteiger partial charge in [0.2, 0.25) is 0 Å². The van der Waals surface area contributed by atoms with Crippen molar-refractivity contribution in [1.82, 2.24) is 10.3 Å². The van der Waals surface area contributed by atoms with Gasteiger partial charge < -0.3 is 10.3 Å². The van der Waals surface area contributed by atoms with Crippen molar-refractivity contribution in [2.45, 2.75) is 33.6 Å². The first kappa shape index (κ1) is 16.7. The quantitative estimate of drug-likeness (QED) is 0.861. The van der Waals surface area contributed by atoms with Gasteiger partial charge in [-0.2, -0.15) is 0 Å². The van der Waals surface area contributed by atoms with Gasteiger partial charge in [-0.15, -0.1) is 0 Å². The predicted molar refractivity (Wildman–Crippen MR) is 85.0 cm³/mol. The van der Waals surface area contributed by atoms with Gasteiger partial charge in [-0.05, 0) is 50.7 Å². The van der Waals surface area contributed by atoms with Crippen LogP contribution in [-0.2, 0) is 9.84 Å². The predicted octanol–water partition coefficient (Wildman–Crippen LogP) is 0.855. The Balaban J connectivity index is 2.05. The Hall–Kier alpha value is -1.63. The molecule has 0 aliphatic carbocycles. The molecular formula is C15H22N2O4S. The highest BCUT2D eigenvalue weighted by Gasteiger charge is 2.24. The van der Waals surface area contributed by atoms with Crippen LogP contribution in [0.25, 0.3) is 0 Å². The van der Waals surface area contributed by atoms with Crippen molar-refractivity contribution < 1.29 is 13.2 Å². The molecule has 0 unspecified atom stereocenters. The molecule has 1 aliphatic heterocycles. The maximum Gasteiger partial charge on any atom is 0.261 e. The smallest absolute Gasteiger partial charge is 0.261 e. The zero-order valence-corrected chi connectivity index (χ0v) is 14.0. The fourth-order valence-electron chi connectivity index (χ4n) is 2.71. The molecule has 1 saturated heterocycles. The first-order chi connectivity index (χ1) is 10.2. The van der Waals surface area contributed by atoms with Crippen molar-refractivity contribution in [3.8, 4) is 0 Å². The fourth-order valence-corrected chi connectivity index (χ4v) is 4.30. The monoisotopic (exact) mass is 326 g/mol. The summed E-state index contributed by atoms with van der Waals surface area (Å²) in [4.78, 5) is 26.9. The Bertz CT molecular complexity index is 736. The van der Waals surface area contributed by atoms with Gasteiger partial charge >= 0.3 is 0 Å². The minimum Gasteiger partial charge on any atom is -0.352 e. The molecule has 2 heterocycles. The van der Waals surface area contributed by atoms with E-state index in [1.807, 2.05) is 6.92 Å². The summed E-state index contributed by atoms with van der Waals surface area (Å²) in [5.74, 6) is 0.113. The second kappa shape index (κ2) is 6.24. The summed E-state index contributed by atoms with van der Waals surface area (Å²) in [5.41, 5.74) is 2.10. The highest BCUT2D eigenvalue weighted by molar-refractivity contribution is 7.91. The molecule has 0 bridgehead atoms. The number of pyridine rings is 1. The third-order valence-electron chi connectivity index (χ3n) is 4.48. The van der Waals surface area contributed by atoms with Crippen LogP contribution in [0.2, 0.25) is 0 Å². The number of aromatic nitrogens is 1. The van der Waals surface area contributed by atoms with E-state index in [0.29, 0.717) is 24.9 Å². The lowest BCUT2D eigenvalue weighted by atomic mass is 10.0. The molecule has 1 amide bonds. The number of rotatable bonds is 3. The van der Waals surface area contributed by atoms with Crippen molar-refractivity contribution in [3.63, 3.8) is 0 Å². The van der Waals surface area contributed by atoms with E-state index in [1.54, 1.807) is 13.8 Å². The second-order valence-electron chi connectivity index (χ2n) is 6.01. The highest BCUT2D eigenvalue weighted by Crippen LogP contribution is 2.18. The Morgan fingerprint density at radius 3 is 2.36 bits per heavy atom. The summed E-state index contributed by atoms with van der Waals surface area (Å²) in [6.45, 7) is 5.83. The summed E-state index contributed by atoms with van der Waals surface area (Å²) in [7, 11) is -2.90. The van der Waals surface area contributed by atoms with Crippen molar-refractivity contribution in [1.29, 1.82) is 0 Å². The van der Waals surface area contributed by atoms with Gasteiger partial charge in [0.15, 0.2) is 0 Å². The fraction of sp³-hybridized carbons (Fsp3) is 0.600. The minimum atomic E-state index is -2.90. The van der Waals surface area contributed by atoms with E-state index < -0.39 is 15.7 Å². The van der Waals surface area contributed by atoms with Crippen molar-refractivity contribution >= 4 is 15.7 Å². The summed E-state index contributed by atoms with van der Waals surface area (Å²) in [6.07, 6.45) is 1.12. The Kier molecular flexibility index (Phi) is 4.75. The molecule has 0 saturated carbocycles. The molecule has 0 aromatic carbocycles. The van der Waals surface area contributed by atoms with Gasteiger partial charge in [-0.25, -0.2) is 8.42 Å². The maximum absolute atomic E-state index is 12.3. The van der Waals surface area contributed by atoms with Gasteiger partial charge in [0.05, 0.1) is 11.5 Å². The number of carbonyl (C=O) groups excluding carboxylic acids is 1. The second-order valence-corrected chi connectivity index (χ2v) is 8.31. The number of hydrogen-bond donors (Lipinski definition) is 2. The molecule has 7 heteroatoms. The van der Waals surface area contributed by atoms with E-state index in [-0.39, 0.29) is 28.5 Å². The molecule has 0 atom stereocenters. The zero-order valence-electron chi connectivity index (χ0n) is 13.2. The minimum absolute atomic E-state index is 0.145. The van der Waals surface area contributed by atoms with E-state index >= 15 is 0 Å². The summed E-state index contributed by atoms with van der Waals surface area (Å²) >= 11 is 0. The average molecular weight is 326 g/mol. The van der Waals surface area contributed by atoms with Crippen LogP contribution in [0.3, 0.4) is 0 Å². The van der Waals surface area contributed by atoms with Crippen LogP contribution in [0.1, 0.15) is 40.0 Å². The number of carbonyl (C=O) groups is 1. The molecule has 2 rings (SSSR count). The Labute approximate surface area is 130 Å². The lowest BCUT2D eigenvalue weighted by molar-refractivity contribution is 0.0944. The summed E-state index contributed by atoms with van der Waals surface area (Å²) in [5, 5.41) is 2.77. The van der Waals surface area contributed by atoms with Crippen molar-refractivity contribution in [3.05, 3.63) is 32.7 Å². The normalized spacial score (nSPS) is 18.1. The molecule has 0 radical (unpaired) electrons. The molecule has 1 aromatic rings. The molecule has 1 fully saturated rings. The van der Waals surface area contributed by atoms with E-state index in [9.17, 15) is 18.0 Å². The van der Waals surface area contributed by atoms with E-state index in [1.165, 1.54) is 0 Å². The van der Waals surface area contributed by atoms with Gasteiger partial charge in [0.25, 0.3) is 11.5 Å². The van der Waals surface area contributed by atoms with Crippen LogP contribution in [0.15, 0.2) is 4.79 Å². The largest absolute Gasteiger partial charge is 0.352 e. The lowest BCUT2D eigenvalue weighted by Crippen LogP contribution is -2.37. The molecule has 22 heavy (non-hydrogen) atoms. The van der Waals surface area contributed by atoms with Gasteiger partial charge in [-0.3, -0.25) is 9.59 Å². The van der Waals surface area contributed by atoms with E-state index in [2.05, 4.69) is 10.3 Å². The van der Waals surface area contributed by atoms with Crippen LogP contribution in [0, 0.1) is 26.7 Å². The van der Waals surface area contributed by atoms with Crippen LogP contribution in [0.4, 0.5) is 0 Å². The third-order valence-corrected chi connectivity index (χ3v) is 6.20. The molecule has 1 aliphatic rings. The standard InChI is InChI=1S/C15H22N2O4S/c1-9-10(2)13(15(19)17-11(9)3)14(18)16-8-12-4-6-22(20,21)7-5-12/h12H,4-8H2,1-3H3,(H,16,18)(H,17,19). The van der Waals surface area contributed by atoms with Gasteiger partial charge in [-0.1, -0.05) is 0 Å². The third kappa shape index (κ3) is 3.58. The van der Waals surface area contributed by atoms with Crippen LogP contribution < -0.4 is 10.9 Å². The highest BCUT2D eigenvalue weighted by atomic mass is 32.2. The van der Waals surface area contributed by atoms with Crippen molar-refractivity contribution in [2.75, 3.05) is 18.1 Å². The number of nitrogens with one attached hydrogen (secondary N) is 2. The lowest BCUT2D eigenvalue weighted by Gasteiger charge is -2.22. The molecule has 2 N–H and O–H groups in total. The number of hydrogen-bond acceptors (Lipinski definition) is 4. The van der Waals surface area contributed by atoms with Crippen molar-refractivity contribution in [2.24, 2.45) is 5.92 Å². The van der Waals surface area contributed by atoms with Crippen LogP contribution in [0.5, 0.6) is 0 Å². The first-order valence-corrected chi connectivity index (χ1v) is 9.22. The number of amides is 1. The van der Waals surface area contributed by atoms with Gasteiger partial charge in [0.1, 0.15) is 15.4 Å². The SMILES string of the molecule is Cc1[nH]c(=O)c(C(=O)NCC2CCS(=O)(=O)CC2)c(C)c1C. The molecule has 0 spiro atoms. The topological polar surface area (TPSA) is 96.1 Å². The molecular weight excluding hydrogens is 304 g/mol. The van der Waals surface area contributed by atoms with Gasteiger partial charge in [0, 0.05) is 12.2 Å². The maximum atomic E-state index is 12.3. The Morgan fingerprint density at radius 1 is 1.18 bits per heavy atom. The number of sulfone groups is 1. The number of aryl methyl sites for hydroxylation is 1. The van der Waals surface area contributed by atoms with Crippen LogP contribution >= 0.6 is 0 Å². The first-order valence-electron chi connectivity index (χ1n) is 7.40. The van der Waals surface area contributed by atoms with E-state index in [0.717, 1.165) is 11.3 Å². The molecule has 6 nitrogen and oxygen atoms in total. The molecule has 1 aromatic heterocycles. The zero-order chi connectivity index (χ0) is 16.5.